The molecule has 0 saturated carbocycles. The molecule has 0 saturated heterocycles. The summed E-state index contributed by atoms with van der Waals surface area (Å²) in [6.07, 6.45) is 2.23. The fraction of sp³-hybridized carbons (Fsp3) is 0.300. The lowest BCUT2D eigenvalue weighted by molar-refractivity contribution is 0.0941. The molecule has 0 radical (unpaired) electrons. The molecule has 0 spiro atoms. The summed E-state index contributed by atoms with van der Waals surface area (Å²) in [5, 5.41) is 2.72. The molecule has 86 valence electrons. The summed E-state index contributed by atoms with van der Waals surface area (Å²) in [6.45, 7) is 1.90. The van der Waals surface area contributed by atoms with Crippen LogP contribution in [0.5, 0.6) is 0 Å². The van der Waals surface area contributed by atoms with Crippen molar-refractivity contribution in [3.8, 4) is 0 Å². The fourth-order valence-corrected chi connectivity index (χ4v) is 1.58. The standard InChI is InChI=1S/C10H12BrN3OS/c1-2-7(9(12)16)14-10(15)8-4-3-6(11)5-13-8/h3-5,7H,2H2,1H3,(H2,12,16)(H,14,15). The molecule has 1 aromatic rings. The number of nitrogens with two attached hydrogens (primary N) is 1. The second-order valence-electron chi connectivity index (χ2n) is 3.20. The van der Waals surface area contributed by atoms with Crippen LogP contribution in [-0.2, 0) is 0 Å². The quantitative estimate of drug-likeness (QED) is 0.830. The number of carbonyl (C=O) groups excluding carboxylic acids is 1. The Labute approximate surface area is 108 Å². The van der Waals surface area contributed by atoms with Crippen LogP contribution in [0.15, 0.2) is 22.8 Å². The highest BCUT2D eigenvalue weighted by molar-refractivity contribution is 9.10. The Bertz CT molecular complexity index is 394. The highest BCUT2D eigenvalue weighted by Crippen LogP contribution is 2.07. The molecule has 1 heterocycles. The molecule has 1 atom stereocenters. The van der Waals surface area contributed by atoms with E-state index in [0.717, 1.165) is 4.47 Å². The SMILES string of the molecule is CCC(NC(=O)c1ccc(Br)cn1)C(N)=S. The Kier molecular flexibility index (Phi) is 4.82. The predicted molar refractivity (Wildman–Crippen MR) is 70.3 cm³/mol. The van der Waals surface area contributed by atoms with E-state index in [2.05, 4.69) is 26.2 Å². The van der Waals surface area contributed by atoms with Gasteiger partial charge in [0.1, 0.15) is 5.69 Å². The first kappa shape index (κ1) is 13.1. The number of nitrogens with one attached hydrogen (secondary N) is 1. The molecule has 1 aromatic heterocycles. The number of thiocarbonyl (C=S) groups is 1. The van der Waals surface area contributed by atoms with Crippen LogP contribution in [0.1, 0.15) is 23.8 Å². The molecular formula is C10H12BrN3OS. The molecule has 16 heavy (non-hydrogen) atoms. The van der Waals surface area contributed by atoms with Gasteiger partial charge in [-0.3, -0.25) is 4.79 Å². The van der Waals surface area contributed by atoms with Gasteiger partial charge in [-0.1, -0.05) is 19.1 Å². The van der Waals surface area contributed by atoms with E-state index < -0.39 is 0 Å². The molecule has 0 aromatic carbocycles. The van der Waals surface area contributed by atoms with E-state index in [-0.39, 0.29) is 16.9 Å². The van der Waals surface area contributed by atoms with Crippen LogP contribution in [0.3, 0.4) is 0 Å². The van der Waals surface area contributed by atoms with Gasteiger partial charge in [0.05, 0.1) is 11.0 Å². The third kappa shape index (κ3) is 3.53. The van der Waals surface area contributed by atoms with E-state index >= 15 is 0 Å². The van der Waals surface area contributed by atoms with E-state index in [1.54, 1.807) is 18.3 Å². The highest BCUT2D eigenvalue weighted by atomic mass is 79.9. The van der Waals surface area contributed by atoms with Crippen molar-refractivity contribution in [2.75, 3.05) is 0 Å². The lowest BCUT2D eigenvalue weighted by atomic mass is 10.2. The van der Waals surface area contributed by atoms with Gasteiger partial charge in [0.15, 0.2) is 0 Å². The van der Waals surface area contributed by atoms with Crippen molar-refractivity contribution in [2.24, 2.45) is 5.73 Å². The smallest absolute Gasteiger partial charge is 0.270 e. The number of rotatable bonds is 4. The maximum absolute atomic E-state index is 11.7. The number of pyridine rings is 1. The van der Waals surface area contributed by atoms with E-state index in [9.17, 15) is 4.79 Å². The first-order valence-electron chi connectivity index (χ1n) is 4.76. The molecule has 1 amide bonds. The Balaban J connectivity index is 2.71. The summed E-state index contributed by atoms with van der Waals surface area (Å²) in [5.41, 5.74) is 5.83. The van der Waals surface area contributed by atoms with E-state index in [1.165, 1.54) is 0 Å². The minimum absolute atomic E-state index is 0.271. The topological polar surface area (TPSA) is 68.0 Å². The van der Waals surface area contributed by atoms with Crippen molar-refractivity contribution >= 4 is 39.0 Å². The molecule has 0 aliphatic rings. The molecular weight excluding hydrogens is 290 g/mol. The molecule has 4 nitrogen and oxygen atoms in total. The van der Waals surface area contributed by atoms with Gasteiger partial charge in [-0.2, -0.15) is 0 Å². The predicted octanol–water partition coefficient (Wildman–Crippen LogP) is 1.64. The Hall–Kier alpha value is -1.01. The normalized spacial score (nSPS) is 11.9. The van der Waals surface area contributed by atoms with Crippen LogP contribution in [0.4, 0.5) is 0 Å². The summed E-state index contributed by atoms with van der Waals surface area (Å²) in [7, 11) is 0. The number of hydrogen-bond acceptors (Lipinski definition) is 3. The van der Waals surface area contributed by atoms with Crippen molar-refractivity contribution in [3.63, 3.8) is 0 Å². The zero-order valence-corrected chi connectivity index (χ0v) is 11.1. The average molecular weight is 302 g/mol. The first-order valence-corrected chi connectivity index (χ1v) is 5.96. The van der Waals surface area contributed by atoms with Gasteiger partial charge in [0.2, 0.25) is 0 Å². The number of carbonyl (C=O) groups is 1. The Morgan fingerprint density at radius 2 is 2.38 bits per heavy atom. The largest absolute Gasteiger partial charge is 0.392 e. The number of aromatic nitrogens is 1. The Morgan fingerprint density at radius 3 is 2.81 bits per heavy atom. The van der Waals surface area contributed by atoms with Crippen LogP contribution in [-0.4, -0.2) is 21.9 Å². The second-order valence-corrected chi connectivity index (χ2v) is 4.59. The van der Waals surface area contributed by atoms with Crippen molar-refractivity contribution in [3.05, 3.63) is 28.5 Å². The second kappa shape index (κ2) is 5.91. The van der Waals surface area contributed by atoms with E-state index in [0.29, 0.717) is 12.1 Å². The minimum atomic E-state index is -0.284. The number of nitrogens with zero attached hydrogens (tertiary/aromatic N) is 1. The number of halogens is 1. The molecule has 0 fully saturated rings. The summed E-state index contributed by atoms with van der Waals surface area (Å²) in [5.74, 6) is -0.271. The van der Waals surface area contributed by atoms with Crippen molar-refractivity contribution in [1.82, 2.24) is 10.3 Å². The fourth-order valence-electron chi connectivity index (χ4n) is 1.12. The average Bonchev–Trinajstić information content (AvgIpc) is 2.26. The van der Waals surface area contributed by atoms with E-state index in [1.807, 2.05) is 6.92 Å². The molecule has 0 aliphatic heterocycles. The summed E-state index contributed by atoms with van der Waals surface area (Å²) in [4.78, 5) is 16.0. The van der Waals surface area contributed by atoms with Gasteiger partial charge < -0.3 is 11.1 Å². The zero-order valence-electron chi connectivity index (χ0n) is 8.74. The molecule has 3 N–H and O–H groups in total. The molecule has 1 rings (SSSR count). The van der Waals surface area contributed by atoms with Gasteiger partial charge in [-0.05, 0) is 34.5 Å². The van der Waals surface area contributed by atoms with Gasteiger partial charge in [0.25, 0.3) is 5.91 Å². The van der Waals surface area contributed by atoms with Gasteiger partial charge >= 0.3 is 0 Å². The maximum atomic E-state index is 11.7. The summed E-state index contributed by atoms with van der Waals surface area (Å²) in [6, 6.07) is 3.10. The van der Waals surface area contributed by atoms with Gasteiger partial charge in [0, 0.05) is 10.7 Å². The van der Waals surface area contributed by atoms with E-state index in [4.69, 9.17) is 18.0 Å². The van der Waals surface area contributed by atoms with Crippen LogP contribution in [0, 0.1) is 0 Å². The van der Waals surface area contributed by atoms with Crippen molar-refractivity contribution in [1.29, 1.82) is 0 Å². The number of amides is 1. The highest BCUT2D eigenvalue weighted by Gasteiger charge is 2.14. The molecule has 1 unspecified atom stereocenters. The lowest BCUT2D eigenvalue weighted by Crippen LogP contribution is -2.43. The number of hydrogen-bond donors (Lipinski definition) is 2. The van der Waals surface area contributed by atoms with Crippen molar-refractivity contribution < 1.29 is 4.79 Å². The van der Waals surface area contributed by atoms with Crippen LogP contribution in [0.2, 0.25) is 0 Å². The van der Waals surface area contributed by atoms with Crippen LogP contribution in [0.25, 0.3) is 0 Å². The molecule has 0 bridgehead atoms. The van der Waals surface area contributed by atoms with Crippen LogP contribution < -0.4 is 11.1 Å². The van der Waals surface area contributed by atoms with Gasteiger partial charge in [-0.25, -0.2) is 4.98 Å². The Morgan fingerprint density at radius 1 is 1.69 bits per heavy atom. The third-order valence-electron chi connectivity index (χ3n) is 2.02. The van der Waals surface area contributed by atoms with Gasteiger partial charge in [-0.15, -0.1) is 0 Å². The van der Waals surface area contributed by atoms with Crippen molar-refractivity contribution in [2.45, 2.75) is 19.4 Å². The minimum Gasteiger partial charge on any atom is -0.392 e. The van der Waals surface area contributed by atoms with Crippen LogP contribution >= 0.6 is 28.1 Å². The first-order chi connectivity index (χ1) is 7.54. The maximum Gasteiger partial charge on any atom is 0.270 e. The summed E-state index contributed by atoms with van der Waals surface area (Å²) < 4.78 is 0.824. The molecule has 0 aliphatic carbocycles. The third-order valence-corrected chi connectivity index (χ3v) is 2.77. The summed E-state index contributed by atoms with van der Waals surface area (Å²) >= 11 is 8.09. The monoisotopic (exact) mass is 301 g/mol. The molecule has 6 heteroatoms. The zero-order chi connectivity index (χ0) is 12.1. The lowest BCUT2D eigenvalue weighted by Gasteiger charge is -2.14.